The molecule has 0 aliphatic carbocycles. The fraction of sp³-hybridized carbons (Fsp3) is 0.100. The lowest BCUT2D eigenvalue weighted by Crippen LogP contribution is -1.96. The lowest BCUT2D eigenvalue weighted by atomic mass is 10.1. The number of hydrogen-bond acceptors (Lipinski definition) is 6. The van der Waals surface area contributed by atoms with E-state index in [-0.39, 0.29) is 6.61 Å². The molecule has 8 nitrogen and oxygen atoms in total. The van der Waals surface area contributed by atoms with Crippen molar-refractivity contribution in [1.29, 1.82) is 0 Å². The van der Waals surface area contributed by atoms with E-state index in [2.05, 4.69) is 30.4 Å². The lowest BCUT2D eigenvalue weighted by Gasteiger charge is -2.04. The molecule has 28 heavy (non-hydrogen) atoms. The van der Waals surface area contributed by atoms with Gasteiger partial charge in [0.05, 0.1) is 28.6 Å². The van der Waals surface area contributed by atoms with Crippen LogP contribution in [0.1, 0.15) is 11.5 Å². The fourth-order valence-electron chi connectivity index (χ4n) is 3.14. The van der Waals surface area contributed by atoms with Gasteiger partial charge in [-0.3, -0.25) is 4.98 Å². The van der Waals surface area contributed by atoms with Gasteiger partial charge >= 0.3 is 0 Å². The first-order valence-electron chi connectivity index (χ1n) is 8.85. The van der Waals surface area contributed by atoms with Gasteiger partial charge in [0.25, 0.3) is 0 Å². The van der Waals surface area contributed by atoms with E-state index in [1.807, 2.05) is 55.5 Å². The maximum absolute atomic E-state index is 9.28. The summed E-state index contributed by atoms with van der Waals surface area (Å²) in [5.41, 5.74) is 6.08. The summed E-state index contributed by atoms with van der Waals surface area (Å²) < 4.78 is 1.80. The predicted octanol–water partition coefficient (Wildman–Crippen LogP) is 3.21. The van der Waals surface area contributed by atoms with Gasteiger partial charge in [0.2, 0.25) is 5.95 Å². The number of H-pyrrole nitrogens is 1. The molecule has 0 atom stereocenters. The molecule has 4 heterocycles. The van der Waals surface area contributed by atoms with Gasteiger partial charge in [-0.1, -0.05) is 12.1 Å². The summed E-state index contributed by atoms with van der Waals surface area (Å²) in [7, 11) is 0. The molecule has 0 unspecified atom stereocenters. The number of aliphatic hydroxyl groups excluding tert-OH is 1. The van der Waals surface area contributed by atoms with Crippen LogP contribution < -0.4 is 5.32 Å². The van der Waals surface area contributed by atoms with Crippen molar-refractivity contribution in [2.24, 2.45) is 0 Å². The van der Waals surface area contributed by atoms with Gasteiger partial charge in [-0.25, -0.2) is 9.50 Å². The van der Waals surface area contributed by atoms with Crippen LogP contribution in [0.3, 0.4) is 0 Å². The molecule has 0 saturated heterocycles. The van der Waals surface area contributed by atoms with Crippen LogP contribution in [-0.2, 0) is 6.61 Å². The van der Waals surface area contributed by atoms with Crippen molar-refractivity contribution < 1.29 is 5.11 Å². The fourth-order valence-corrected chi connectivity index (χ4v) is 3.14. The second-order valence-corrected chi connectivity index (χ2v) is 6.50. The van der Waals surface area contributed by atoms with Gasteiger partial charge in [-0.15, -0.1) is 5.10 Å². The summed E-state index contributed by atoms with van der Waals surface area (Å²) in [6.45, 7) is 1.82. The number of imidazole rings is 1. The van der Waals surface area contributed by atoms with Crippen LogP contribution in [0.15, 0.2) is 54.7 Å². The highest BCUT2D eigenvalue weighted by atomic mass is 16.3. The van der Waals surface area contributed by atoms with E-state index in [0.717, 1.165) is 39.3 Å². The van der Waals surface area contributed by atoms with E-state index in [4.69, 9.17) is 0 Å². The van der Waals surface area contributed by atoms with Crippen molar-refractivity contribution >= 4 is 28.3 Å². The second kappa shape index (κ2) is 6.43. The number of aryl methyl sites for hydroxylation is 1. The Bertz CT molecular complexity index is 1290. The Hall–Kier alpha value is -3.78. The van der Waals surface area contributed by atoms with Crippen LogP contribution in [0.5, 0.6) is 0 Å². The SMILES string of the molecule is Cc1ccc(Nc2nc3cccc(-c4ccc5nc(CO)[nH]c5c4)n3n2)cn1. The van der Waals surface area contributed by atoms with Crippen molar-refractivity contribution in [2.45, 2.75) is 13.5 Å². The number of anilines is 2. The highest BCUT2D eigenvalue weighted by Gasteiger charge is 2.11. The Morgan fingerprint density at radius 1 is 1.11 bits per heavy atom. The largest absolute Gasteiger partial charge is 0.388 e. The Morgan fingerprint density at radius 3 is 2.86 bits per heavy atom. The standard InChI is InChI=1S/C20H17N7O/c1-12-5-7-14(10-21-12)22-20-25-19-4-2-3-17(27(19)26-20)13-6-8-15-16(9-13)24-18(11-28)23-15/h2-10,28H,11H2,1H3,(H,22,26)(H,23,24). The number of aromatic amines is 1. The van der Waals surface area contributed by atoms with Crippen molar-refractivity contribution in [3.63, 3.8) is 0 Å². The van der Waals surface area contributed by atoms with E-state index in [1.165, 1.54) is 0 Å². The summed E-state index contributed by atoms with van der Waals surface area (Å²) in [6.07, 6.45) is 1.76. The molecular formula is C20H17N7O. The Kier molecular flexibility index (Phi) is 3.77. The van der Waals surface area contributed by atoms with Crippen LogP contribution in [0.25, 0.3) is 27.9 Å². The zero-order chi connectivity index (χ0) is 19.1. The Balaban J connectivity index is 1.56. The third kappa shape index (κ3) is 2.85. The number of nitrogens with zero attached hydrogens (tertiary/aromatic N) is 5. The van der Waals surface area contributed by atoms with Crippen LogP contribution >= 0.6 is 0 Å². The molecule has 138 valence electrons. The molecule has 5 rings (SSSR count). The molecule has 0 amide bonds. The summed E-state index contributed by atoms with van der Waals surface area (Å²) in [5.74, 6) is 1.05. The molecule has 0 fully saturated rings. The summed E-state index contributed by atoms with van der Waals surface area (Å²) in [4.78, 5) is 16.3. The van der Waals surface area contributed by atoms with Gasteiger partial charge in [-0.2, -0.15) is 4.98 Å². The number of pyridine rings is 2. The average Bonchev–Trinajstić information content (AvgIpc) is 3.31. The predicted molar refractivity (Wildman–Crippen MR) is 106 cm³/mol. The zero-order valence-corrected chi connectivity index (χ0v) is 15.1. The Labute approximate surface area is 159 Å². The first-order valence-corrected chi connectivity index (χ1v) is 8.85. The van der Waals surface area contributed by atoms with Crippen LogP contribution in [-0.4, -0.2) is 34.7 Å². The molecule has 4 aromatic heterocycles. The molecule has 5 aromatic rings. The minimum Gasteiger partial charge on any atom is -0.388 e. The summed E-state index contributed by atoms with van der Waals surface area (Å²) in [6, 6.07) is 15.6. The van der Waals surface area contributed by atoms with E-state index < -0.39 is 0 Å². The van der Waals surface area contributed by atoms with Crippen LogP contribution in [0, 0.1) is 6.92 Å². The van der Waals surface area contributed by atoms with E-state index in [1.54, 1.807) is 10.7 Å². The highest BCUT2D eigenvalue weighted by Crippen LogP contribution is 2.25. The van der Waals surface area contributed by atoms with Gasteiger partial charge in [-0.05, 0) is 43.3 Å². The van der Waals surface area contributed by atoms with Crippen molar-refractivity contribution in [2.75, 3.05) is 5.32 Å². The number of fused-ring (bicyclic) bond motifs is 2. The molecular weight excluding hydrogens is 354 g/mol. The molecule has 0 spiro atoms. The minimum absolute atomic E-state index is 0.119. The van der Waals surface area contributed by atoms with Crippen molar-refractivity contribution in [3.8, 4) is 11.3 Å². The average molecular weight is 371 g/mol. The third-order valence-corrected chi connectivity index (χ3v) is 4.50. The van der Waals surface area contributed by atoms with Crippen LogP contribution in [0.2, 0.25) is 0 Å². The van der Waals surface area contributed by atoms with Crippen LogP contribution in [0.4, 0.5) is 11.6 Å². The molecule has 1 aromatic carbocycles. The number of nitrogens with one attached hydrogen (secondary N) is 2. The van der Waals surface area contributed by atoms with Gasteiger partial charge in [0.15, 0.2) is 5.65 Å². The maximum Gasteiger partial charge on any atom is 0.247 e. The monoisotopic (exact) mass is 371 g/mol. The van der Waals surface area contributed by atoms with Crippen molar-refractivity contribution in [1.82, 2.24) is 29.5 Å². The topological polar surface area (TPSA) is 104 Å². The normalized spacial score (nSPS) is 11.4. The van der Waals surface area contributed by atoms with Gasteiger partial charge in [0.1, 0.15) is 12.4 Å². The minimum atomic E-state index is -0.119. The lowest BCUT2D eigenvalue weighted by molar-refractivity contribution is 0.273. The molecule has 0 radical (unpaired) electrons. The summed E-state index contributed by atoms with van der Waals surface area (Å²) >= 11 is 0. The van der Waals surface area contributed by atoms with E-state index in [0.29, 0.717) is 11.8 Å². The Morgan fingerprint density at radius 2 is 2.04 bits per heavy atom. The smallest absolute Gasteiger partial charge is 0.247 e. The molecule has 0 aliphatic heterocycles. The molecule has 0 bridgehead atoms. The number of rotatable bonds is 4. The highest BCUT2D eigenvalue weighted by molar-refractivity contribution is 5.81. The number of benzene rings is 1. The molecule has 3 N–H and O–H groups in total. The first-order chi connectivity index (χ1) is 13.7. The second-order valence-electron chi connectivity index (χ2n) is 6.50. The zero-order valence-electron chi connectivity index (χ0n) is 15.1. The van der Waals surface area contributed by atoms with E-state index in [9.17, 15) is 5.11 Å². The van der Waals surface area contributed by atoms with Gasteiger partial charge < -0.3 is 15.4 Å². The molecule has 0 saturated carbocycles. The first kappa shape index (κ1) is 16.4. The third-order valence-electron chi connectivity index (χ3n) is 4.50. The number of aliphatic hydroxyl groups is 1. The molecule has 0 aliphatic rings. The van der Waals surface area contributed by atoms with Crippen molar-refractivity contribution in [3.05, 3.63) is 66.2 Å². The van der Waals surface area contributed by atoms with Gasteiger partial charge in [0, 0.05) is 11.3 Å². The number of hydrogen-bond donors (Lipinski definition) is 3. The molecule has 8 heteroatoms. The number of aromatic nitrogens is 6. The quantitative estimate of drug-likeness (QED) is 0.448. The summed E-state index contributed by atoms with van der Waals surface area (Å²) in [5, 5.41) is 17.1. The van der Waals surface area contributed by atoms with E-state index >= 15 is 0 Å². The maximum atomic E-state index is 9.28.